The Kier molecular flexibility index (Phi) is 3.59. The fraction of sp³-hybridized carbons (Fsp3) is 0.571. The molecule has 2 heterocycles. The average molecular weight is 311 g/mol. The molecule has 0 aromatic heterocycles. The van der Waals surface area contributed by atoms with Crippen LogP contribution in [0.4, 0.5) is 0 Å². The third-order valence-electron chi connectivity index (χ3n) is 4.21. The molecule has 0 bridgehead atoms. The molecule has 0 radical (unpaired) electrons. The lowest BCUT2D eigenvalue weighted by molar-refractivity contribution is 0.116. The lowest BCUT2D eigenvalue weighted by atomic mass is 9.91. The maximum Gasteiger partial charge on any atom is 0.120 e. The number of phenolic OH excluding ortho intramolecular Hbond substituents is 1. The lowest BCUT2D eigenvalue weighted by Crippen LogP contribution is -2.44. The second-order valence-electron chi connectivity index (χ2n) is 5.37. The molecule has 98 valence electrons. The smallest absolute Gasteiger partial charge is 0.120 e. The van der Waals surface area contributed by atoms with E-state index in [0.717, 1.165) is 42.1 Å². The Balaban J connectivity index is 1.77. The second-order valence-corrected chi connectivity index (χ2v) is 6.29. The van der Waals surface area contributed by atoms with Crippen LogP contribution in [0.2, 0.25) is 0 Å². The zero-order valence-corrected chi connectivity index (χ0v) is 12.0. The first-order chi connectivity index (χ1) is 8.74. The molecule has 3 rings (SSSR count). The predicted molar refractivity (Wildman–Crippen MR) is 75.6 cm³/mol. The van der Waals surface area contributed by atoms with E-state index in [2.05, 4.69) is 26.1 Å². The highest BCUT2D eigenvalue weighted by molar-refractivity contribution is 9.10. The Morgan fingerprint density at radius 3 is 3.17 bits per heavy atom. The van der Waals surface area contributed by atoms with Crippen LogP contribution in [0.1, 0.15) is 18.4 Å². The predicted octanol–water partition coefficient (Wildman–Crippen LogP) is 2.34. The molecule has 2 atom stereocenters. The first-order valence-corrected chi connectivity index (χ1v) is 7.45. The molecular weight excluding hydrogens is 292 g/mol. The Morgan fingerprint density at radius 1 is 1.39 bits per heavy atom. The van der Waals surface area contributed by atoms with Crippen LogP contribution in [0.3, 0.4) is 0 Å². The molecule has 0 saturated carbocycles. The zero-order valence-electron chi connectivity index (χ0n) is 10.4. The molecular formula is C14H19BrN2O. The Hall–Kier alpha value is -0.580. The van der Waals surface area contributed by atoms with Gasteiger partial charge in [0.15, 0.2) is 0 Å². The third kappa shape index (κ3) is 2.42. The third-order valence-corrected chi connectivity index (χ3v) is 4.70. The van der Waals surface area contributed by atoms with Crippen LogP contribution in [-0.4, -0.2) is 35.7 Å². The standard InChI is InChI=1S/C14H19BrN2O/c15-12-3-4-14(18)11(6-12)9-17-5-1-2-10-7-16-8-13(10)17/h3-4,6,10,13,16,18H,1-2,5,7-9H2. The van der Waals surface area contributed by atoms with Gasteiger partial charge in [0.1, 0.15) is 5.75 Å². The number of hydrogen-bond acceptors (Lipinski definition) is 3. The summed E-state index contributed by atoms with van der Waals surface area (Å²) >= 11 is 3.48. The van der Waals surface area contributed by atoms with Crippen LogP contribution < -0.4 is 5.32 Å². The number of benzene rings is 1. The summed E-state index contributed by atoms with van der Waals surface area (Å²) in [5.74, 6) is 1.21. The molecule has 2 saturated heterocycles. The summed E-state index contributed by atoms with van der Waals surface area (Å²) in [5.41, 5.74) is 1.02. The van der Waals surface area contributed by atoms with Gasteiger partial charge in [0.05, 0.1) is 0 Å². The number of likely N-dealkylation sites (tertiary alicyclic amines) is 1. The van der Waals surface area contributed by atoms with E-state index in [1.54, 1.807) is 6.07 Å². The van der Waals surface area contributed by atoms with E-state index in [9.17, 15) is 5.11 Å². The van der Waals surface area contributed by atoms with Gasteiger partial charge in [-0.25, -0.2) is 0 Å². The molecule has 2 unspecified atom stereocenters. The van der Waals surface area contributed by atoms with Crippen molar-refractivity contribution in [3.63, 3.8) is 0 Å². The van der Waals surface area contributed by atoms with Gasteiger partial charge in [-0.2, -0.15) is 0 Å². The maximum absolute atomic E-state index is 9.94. The molecule has 0 spiro atoms. The van der Waals surface area contributed by atoms with Crippen molar-refractivity contribution in [3.8, 4) is 5.75 Å². The number of nitrogens with zero attached hydrogens (tertiary/aromatic N) is 1. The van der Waals surface area contributed by atoms with Crippen molar-refractivity contribution in [2.24, 2.45) is 5.92 Å². The van der Waals surface area contributed by atoms with Crippen LogP contribution in [-0.2, 0) is 6.54 Å². The van der Waals surface area contributed by atoms with Crippen LogP contribution >= 0.6 is 15.9 Å². The summed E-state index contributed by atoms with van der Waals surface area (Å²) in [6.07, 6.45) is 2.62. The first kappa shape index (κ1) is 12.5. The minimum absolute atomic E-state index is 0.409. The molecule has 0 amide bonds. The molecule has 4 heteroatoms. The second kappa shape index (κ2) is 5.19. The van der Waals surface area contributed by atoms with Gasteiger partial charge in [-0.3, -0.25) is 4.90 Å². The van der Waals surface area contributed by atoms with E-state index < -0.39 is 0 Å². The van der Waals surface area contributed by atoms with Gasteiger partial charge in [0, 0.05) is 29.2 Å². The van der Waals surface area contributed by atoms with Crippen molar-refractivity contribution < 1.29 is 5.11 Å². The Labute approximate surface area is 116 Å². The molecule has 0 aliphatic carbocycles. The van der Waals surface area contributed by atoms with E-state index in [4.69, 9.17) is 0 Å². The SMILES string of the molecule is Oc1ccc(Br)cc1CN1CCCC2CNCC21. The number of rotatable bonds is 2. The van der Waals surface area contributed by atoms with Gasteiger partial charge >= 0.3 is 0 Å². The van der Waals surface area contributed by atoms with E-state index in [0.29, 0.717) is 11.8 Å². The minimum Gasteiger partial charge on any atom is -0.508 e. The monoisotopic (exact) mass is 310 g/mol. The lowest BCUT2D eigenvalue weighted by Gasteiger charge is -2.37. The van der Waals surface area contributed by atoms with E-state index in [-0.39, 0.29) is 0 Å². The van der Waals surface area contributed by atoms with Gasteiger partial charge in [-0.05, 0) is 50.0 Å². The van der Waals surface area contributed by atoms with Crippen molar-refractivity contribution in [2.75, 3.05) is 19.6 Å². The number of fused-ring (bicyclic) bond motifs is 1. The topological polar surface area (TPSA) is 35.5 Å². The highest BCUT2D eigenvalue weighted by atomic mass is 79.9. The molecule has 2 aliphatic rings. The van der Waals surface area contributed by atoms with Crippen LogP contribution in [0.25, 0.3) is 0 Å². The maximum atomic E-state index is 9.94. The van der Waals surface area contributed by atoms with Crippen LogP contribution in [0.5, 0.6) is 5.75 Å². The van der Waals surface area contributed by atoms with Crippen molar-refractivity contribution in [1.82, 2.24) is 10.2 Å². The van der Waals surface area contributed by atoms with Crippen LogP contribution in [0, 0.1) is 5.92 Å². The molecule has 2 aliphatic heterocycles. The summed E-state index contributed by atoms with van der Waals surface area (Å²) in [4.78, 5) is 2.52. The fourth-order valence-electron chi connectivity index (χ4n) is 3.26. The van der Waals surface area contributed by atoms with E-state index in [1.165, 1.54) is 12.8 Å². The molecule has 2 fully saturated rings. The minimum atomic E-state index is 0.409. The van der Waals surface area contributed by atoms with Gasteiger partial charge in [-0.15, -0.1) is 0 Å². The van der Waals surface area contributed by atoms with Crippen molar-refractivity contribution >= 4 is 15.9 Å². The molecule has 1 aromatic carbocycles. The van der Waals surface area contributed by atoms with Gasteiger partial charge < -0.3 is 10.4 Å². The molecule has 1 aromatic rings. The number of halogens is 1. The number of aromatic hydroxyl groups is 1. The quantitative estimate of drug-likeness (QED) is 0.880. The van der Waals surface area contributed by atoms with Gasteiger partial charge in [0.25, 0.3) is 0 Å². The summed E-state index contributed by atoms with van der Waals surface area (Å²) in [6.45, 7) is 4.26. The van der Waals surface area contributed by atoms with Gasteiger partial charge in [-0.1, -0.05) is 15.9 Å². The number of hydrogen-bond donors (Lipinski definition) is 2. The summed E-state index contributed by atoms with van der Waals surface area (Å²) in [7, 11) is 0. The Bertz CT molecular complexity index is 438. The largest absolute Gasteiger partial charge is 0.508 e. The normalized spacial score (nSPS) is 28.3. The van der Waals surface area contributed by atoms with Gasteiger partial charge in [0.2, 0.25) is 0 Å². The number of phenols is 1. The van der Waals surface area contributed by atoms with E-state index >= 15 is 0 Å². The van der Waals surface area contributed by atoms with Crippen molar-refractivity contribution in [2.45, 2.75) is 25.4 Å². The molecule has 3 nitrogen and oxygen atoms in total. The van der Waals surface area contributed by atoms with Crippen molar-refractivity contribution in [1.29, 1.82) is 0 Å². The van der Waals surface area contributed by atoms with E-state index in [1.807, 2.05) is 12.1 Å². The molecule has 2 N–H and O–H groups in total. The number of nitrogens with one attached hydrogen (secondary N) is 1. The summed E-state index contributed by atoms with van der Waals surface area (Å²) < 4.78 is 1.04. The average Bonchev–Trinajstić information content (AvgIpc) is 2.83. The fourth-order valence-corrected chi connectivity index (χ4v) is 3.67. The first-order valence-electron chi connectivity index (χ1n) is 6.66. The number of piperidine rings is 1. The highest BCUT2D eigenvalue weighted by Gasteiger charge is 2.34. The highest BCUT2D eigenvalue weighted by Crippen LogP contribution is 2.30. The summed E-state index contributed by atoms with van der Waals surface area (Å²) in [6, 6.07) is 6.33. The summed E-state index contributed by atoms with van der Waals surface area (Å²) in [5, 5.41) is 13.4. The van der Waals surface area contributed by atoms with Crippen LogP contribution in [0.15, 0.2) is 22.7 Å². The van der Waals surface area contributed by atoms with Crippen molar-refractivity contribution in [3.05, 3.63) is 28.2 Å². The Morgan fingerprint density at radius 2 is 2.28 bits per heavy atom. The molecule has 18 heavy (non-hydrogen) atoms. The zero-order chi connectivity index (χ0) is 12.5.